The first-order valence-electron chi connectivity index (χ1n) is 11.5. The Morgan fingerprint density at radius 2 is 2.15 bits per heavy atom. The van der Waals surface area contributed by atoms with Crippen LogP contribution in [0, 0.1) is 15.4 Å². The number of aliphatic hydroxyl groups excluding tert-OH is 2. The van der Waals surface area contributed by atoms with Gasteiger partial charge in [-0.3, -0.25) is 4.79 Å². The van der Waals surface area contributed by atoms with Gasteiger partial charge in [-0.05, 0) is 12.8 Å². The van der Waals surface area contributed by atoms with Crippen LogP contribution in [0.25, 0.3) is 6.08 Å². The maximum atomic E-state index is 12.4. The van der Waals surface area contributed by atoms with Gasteiger partial charge in [-0.2, -0.15) is 0 Å². The summed E-state index contributed by atoms with van der Waals surface area (Å²) in [5.74, 6) is -1.41. The van der Waals surface area contributed by atoms with E-state index in [1.807, 2.05) is 18.2 Å². The number of thiophene rings is 1. The van der Waals surface area contributed by atoms with Crippen molar-refractivity contribution in [1.29, 1.82) is 0 Å². The molecule has 1 fully saturated rings. The van der Waals surface area contributed by atoms with Crippen molar-refractivity contribution in [3.05, 3.63) is 58.9 Å². The molecule has 0 radical (unpaired) electrons. The van der Waals surface area contributed by atoms with Crippen molar-refractivity contribution in [1.82, 2.24) is 0 Å². The third-order valence-electron chi connectivity index (χ3n) is 6.08. The van der Waals surface area contributed by atoms with Gasteiger partial charge < -0.3 is 5.11 Å². The number of aryl methyl sites for hydroxylation is 1. The zero-order valence-electron chi connectivity index (χ0n) is 19.2. The minimum atomic E-state index is -1.39. The molecule has 1 aliphatic heterocycles. The van der Waals surface area contributed by atoms with Crippen LogP contribution in [0.5, 0.6) is 0 Å². The standard InChI is InChI=1S/C26H32ClIO5S/c1-28-15-7-6-9-22-25(28)24(27)21(34-22)14-13-18(29)12-11-17-16-20(30)26(33)19(17)8-4-2-3-5-10-23(31)32/h2,4,6-7,9,11-12,15,17-20,29-30H,3,5,8,10,13-14,16H2,1H3,(H,31,32)/b4-2-,12-11+/t17-,18?,19+,20?/m0/s1. The summed E-state index contributed by atoms with van der Waals surface area (Å²) in [5, 5.41) is 30.1. The van der Waals surface area contributed by atoms with Gasteiger partial charge in [0.1, 0.15) is 0 Å². The van der Waals surface area contributed by atoms with Gasteiger partial charge in [0.25, 0.3) is 0 Å². The molecule has 3 rings (SSSR count). The number of aliphatic hydroxyl groups is 2. The van der Waals surface area contributed by atoms with Crippen LogP contribution in [-0.2, 0) is 16.0 Å². The topological polar surface area (TPSA) is 94.8 Å². The number of ketones is 1. The minimum absolute atomic E-state index is 0.119. The molecule has 0 saturated heterocycles. The van der Waals surface area contributed by atoms with E-state index >= 15 is 0 Å². The number of unbranched alkanes of at least 4 members (excludes halogenated alkanes) is 1. The molecule has 34 heavy (non-hydrogen) atoms. The van der Waals surface area contributed by atoms with Gasteiger partial charge in [-0.1, -0.05) is 6.08 Å². The average Bonchev–Trinajstić information content (AvgIpc) is 3.17. The van der Waals surface area contributed by atoms with E-state index in [4.69, 9.17) is 16.7 Å². The van der Waals surface area contributed by atoms with Gasteiger partial charge in [0, 0.05) is 6.42 Å². The van der Waals surface area contributed by atoms with E-state index in [9.17, 15) is 19.8 Å². The second-order valence-corrected chi connectivity index (χ2v) is 14.9. The summed E-state index contributed by atoms with van der Waals surface area (Å²) in [7, 11) is 0. The van der Waals surface area contributed by atoms with Crippen molar-refractivity contribution in [3.8, 4) is 0 Å². The first-order valence-corrected chi connectivity index (χ1v) is 17.1. The van der Waals surface area contributed by atoms with E-state index in [1.165, 1.54) is 8.45 Å². The number of halogens is 2. The first-order chi connectivity index (χ1) is 16.3. The van der Waals surface area contributed by atoms with Crippen molar-refractivity contribution in [2.75, 3.05) is 4.93 Å². The molecule has 1 aromatic heterocycles. The average molecular weight is 619 g/mol. The quantitative estimate of drug-likeness (QED) is 0.125. The molecule has 0 amide bonds. The van der Waals surface area contributed by atoms with E-state index in [1.54, 1.807) is 17.4 Å². The summed E-state index contributed by atoms with van der Waals surface area (Å²) in [6, 6.07) is 0. The fourth-order valence-corrected chi connectivity index (χ4v) is 11.0. The fraction of sp³-hybridized carbons (Fsp3) is 0.462. The number of carboxylic acid groups (broad SMARTS) is 1. The van der Waals surface area contributed by atoms with Crippen LogP contribution in [0.3, 0.4) is 0 Å². The van der Waals surface area contributed by atoms with Gasteiger partial charge in [-0.25, -0.2) is 0 Å². The Bertz CT molecular complexity index is 996. The van der Waals surface area contributed by atoms with E-state index < -0.39 is 38.0 Å². The predicted octanol–water partition coefficient (Wildman–Crippen LogP) is 5.86. The zero-order chi connectivity index (χ0) is 24.7. The molecule has 2 heterocycles. The number of hydrogen-bond donors (Lipinski definition) is 3. The number of alkyl halides is 1. The Morgan fingerprint density at radius 1 is 1.35 bits per heavy atom. The fourth-order valence-electron chi connectivity index (χ4n) is 4.23. The Kier molecular flexibility index (Phi) is 10.6. The molecule has 2 unspecified atom stereocenters. The van der Waals surface area contributed by atoms with Gasteiger partial charge in [0.15, 0.2) is 0 Å². The number of carbonyl (C=O) groups excluding carboxylic acids is 1. The molecule has 186 valence electrons. The zero-order valence-corrected chi connectivity index (χ0v) is 22.9. The molecule has 2 aliphatic rings. The summed E-state index contributed by atoms with van der Waals surface area (Å²) in [5.41, 5.74) is 0. The number of aliphatic carboxylic acids is 1. The molecule has 3 N–H and O–H groups in total. The van der Waals surface area contributed by atoms with Gasteiger partial charge in [-0.15, -0.1) is 0 Å². The summed E-state index contributed by atoms with van der Waals surface area (Å²) in [4.78, 5) is 27.6. The number of hydrogen-bond acceptors (Lipinski definition) is 5. The van der Waals surface area contributed by atoms with Crippen molar-refractivity contribution in [3.63, 3.8) is 0 Å². The van der Waals surface area contributed by atoms with Crippen LogP contribution in [-0.4, -0.2) is 44.2 Å². The molecule has 0 spiro atoms. The van der Waals surface area contributed by atoms with Gasteiger partial charge >= 0.3 is 183 Å². The van der Waals surface area contributed by atoms with Crippen molar-refractivity contribution >= 4 is 60.6 Å². The predicted molar refractivity (Wildman–Crippen MR) is 147 cm³/mol. The Balaban J connectivity index is 1.53. The van der Waals surface area contributed by atoms with Crippen molar-refractivity contribution in [2.45, 2.75) is 57.2 Å². The number of fused-ring (bicyclic) bond motifs is 1. The third kappa shape index (κ3) is 7.37. The van der Waals surface area contributed by atoms with Crippen LogP contribution in [0.15, 0.2) is 40.5 Å². The molecule has 0 bridgehead atoms. The van der Waals surface area contributed by atoms with E-state index in [0.29, 0.717) is 38.5 Å². The molecule has 1 aromatic rings. The number of rotatable bonds is 11. The molecule has 8 heteroatoms. The normalized spacial score (nSPS) is 24.3. The summed E-state index contributed by atoms with van der Waals surface area (Å²) < 4.78 is 3.59. The van der Waals surface area contributed by atoms with Crippen molar-refractivity contribution < 1.29 is 24.9 Å². The van der Waals surface area contributed by atoms with Crippen LogP contribution in [0.4, 0.5) is 0 Å². The molecule has 5 nitrogen and oxygen atoms in total. The third-order valence-corrected chi connectivity index (χ3v) is 12.8. The molecule has 1 saturated carbocycles. The Morgan fingerprint density at radius 3 is 2.91 bits per heavy atom. The molecule has 1 aliphatic carbocycles. The van der Waals surface area contributed by atoms with Gasteiger partial charge in [0.2, 0.25) is 0 Å². The number of carbonyl (C=O) groups is 2. The van der Waals surface area contributed by atoms with Crippen molar-refractivity contribution in [2.24, 2.45) is 11.8 Å². The maximum absolute atomic E-state index is 12.4. The van der Waals surface area contributed by atoms with Crippen LogP contribution in [0.2, 0.25) is 5.02 Å². The summed E-state index contributed by atoms with van der Waals surface area (Å²) in [6.07, 6.45) is 15.5. The Labute approximate surface area is 217 Å². The number of carboxylic acids is 1. The second-order valence-electron chi connectivity index (χ2n) is 8.62. The molecular weight excluding hydrogens is 587 g/mol. The number of allylic oxidation sites excluding steroid dienone is 5. The molecule has 4 atom stereocenters. The Hall–Kier alpha value is -1.26. The summed E-state index contributed by atoms with van der Waals surface area (Å²) in [6.45, 7) is 0. The second kappa shape index (κ2) is 13.2. The first kappa shape index (κ1) is 27.3. The monoisotopic (exact) mass is 618 g/mol. The van der Waals surface area contributed by atoms with E-state index in [0.717, 1.165) is 9.90 Å². The summed E-state index contributed by atoms with van der Waals surface area (Å²) >= 11 is 7.02. The van der Waals surface area contributed by atoms with E-state index in [2.05, 4.69) is 27.2 Å². The van der Waals surface area contributed by atoms with Gasteiger partial charge in [0.05, 0.1) is 0 Å². The van der Waals surface area contributed by atoms with E-state index in [-0.39, 0.29) is 24.0 Å². The number of Topliss-reactive ketones (excluding diaryl/α,β-unsaturated/α-hetero) is 1. The SMILES string of the molecule is CI1C=CC=Cc2sc(CCC(O)/C=C/[C@H]3CC(O)C(=O)[C@@H]3C/C=C\CCCC(=O)O)c(Cl)c21. The van der Waals surface area contributed by atoms with Crippen LogP contribution >= 0.6 is 42.8 Å². The van der Waals surface area contributed by atoms with Crippen LogP contribution < -0.4 is 0 Å². The van der Waals surface area contributed by atoms with Crippen LogP contribution in [0.1, 0.15) is 48.3 Å². The molecule has 0 aromatic carbocycles. The molecular formula is C26H32ClIO5S.